The van der Waals surface area contributed by atoms with Crippen LogP contribution in [0, 0.1) is 0 Å². The maximum Gasteiger partial charge on any atom is 0.0541 e. The average molecular weight is 520 g/mol. The molecule has 8 aromatic carbocycles. The zero-order valence-corrected chi connectivity index (χ0v) is 22.4. The molecule has 0 N–H and O–H groups in total. The summed E-state index contributed by atoms with van der Waals surface area (Å²) in [5.74, 6) is 0. The summed E-state index contributed by atoms with van der Waals surface area (Å²) in [6, 6.07) is 55.6. The predicted octanol–water partition coefficient (Wildman–Crippen LogP) is 11.1. The van der Waals surface area contributed by atoms with Gasteiger partial charge in [0.1, 0.15) is 0 Å². The van der Waals surface area contributed by atoms with Gasteiger partial charge >= 0.3 is 0 Å². The minimum Gasteiger partial charge on any atom is -0.309 e. The van der Waals surface area contributed by atoms with E-state index in [2.05, 4.69) is 156 Å². The highest BCUT2D eigenvalue weighted by Crippen LogP contribution is 2.37. The molecule has 190 valence electrons. The molecule has 0 unspecified atom stereocenters. The molecule has 1 aromatic heterocycles. The van der Waals surface area contributed by atoms with E-state index >= 15 is 0 Å². The number of benzene rings is 8. The Morgan fingerprint density at radius 3 is 1.63 bits per heavy atom. The molecule has 1 heterocycles. The van der Waals surface area contributed by atoms with Gasteiger partial charge in [-0.15, -0.1) is 0 Å². The molecule has 0 spiro atoms. The second kappa shape index (κ2) is 8.55. The van der Waals surface area contributed by atoms with E-state index < -0.39 is 0 Å². The van der Waals surface area contributed by atoms with Gasteiger partial charge < -0.3 is 4.57 Å². The fourth-order valence-corrected chi connectivity index (χ4v) is 6.82. The third-order valence-electron chi connectivity index (χ3n) is 8.76. The van der Waals surface area contributed by atoms with Gasteiger partial charge in [-0.2, -0.15) is 0 Å². The van der Waals surface area contributed by atoms with E-state index in [9.17, 15) is 0 Å². The number of aromatic nitrogens is 1. The lowest BCUT2D eigenvalue weighted by Gasteiger charge is -2.12. The van der Waals surface area contributed by atoms with Crippen LogP contribution in [0.1, 0.15) is 0 Å². The maximum absolute atomic E-state index is 2.37. The van der Waals surface area contributed by atoms with Gasteiger partial charge in [-0.1, -0.05) is 121 Å². The first-order chi connectivity index (χ1) is 20.3. The van der Waals surface area contributed by atoms with Crippen molar-refractivity contribution in [3.05, 3.63) is 152 Å². The van der Waals surface area contributed by atoms with E-state index in [1.54, 1.807) is 0 Å². The van der Waals surface area contributed by atoms with Crippen molar-refractivity contribution in [2.45, 2.75) is 0 Å². The first kappa shape index (κ1) is 22.4. The second-order valence-electron chi connectivity index (χ2n) is 11.0. The number of fused-ring (bicyclic) bond motifs is 10. The van der Waals surface area contributed by atoms with E-state index in [0.717, 1.165) is 0 Å². The van der Waals surface area contributed by atoms with E-state index in [1.807, 2.05) is 0 Å². The lowest BCUT2D eigenvalue weighted by molar-refractivity contribution is 1.18. The first-order valence-corrected chi connectivity index (χ1v) is 14.2. The van der Waals surface area contributed by atoms with Gasteiger partial charge in [0.15, 0.2) is 0 Å². The molecule has 0 aliphatic rings. The Labute approximate surface area is 237 Å². The van der Waals surface area contributed by atoms with E-state index in [0.29, 0.717) is 0 Å². The van der Waals surface area contributed by atoms with E-state index in [4.69, 9.17) is 0 Å². The summed E-state index contributed by atoms with van der Waals surface area (Å²) >= 11 is 0. The molecule has 0 radical (unpaired) electrons. The lowest BCUT2D eigenvalue weighted by atomic mass is 9.92. The van der Waals surface area contributed by atoms with Crippen LogP contribution in [0.2, 0.25) is 0 Å². The molecule has 41 heavy (non-hydrogen) atoms. The van der Waals surface area contributed by atoms with E-state index in [-0.39, 0.29) is 0 Å². The molecule has 0 saturated carbocycles. The Bertz CT molecular complexity index is 2410. The Balaban J connectivity index is 1.21. The minimum atomic E-state index is 1.18. The maximum atomic E-state index is 2.37. The number of hydrogen-bond acceptors (Lipinski definition) is 0. The van der Waals surface area contributed by atoms with Crippen LogP contribution in [0.5, 0.6) is 0 Å². The SMILES string of the molecule is c1ccc2c(c1)ccc1ccc3c4cc(-c5ccc(-n6c7ccccc7c7ccccc76)cc5)ccc4ccc3c12. The standard InChI is InChI=1S/C40H25N/c1-2-8-32-27(7-1)13-15-29-20-23-33-36(40(29)32)24-19-28-14-16-30(25-37(28)33)26-17-21-31(22-18-26)41-38-11-5-3-9-34(38)35-10-4-6-12-39(35)41/h1-25H. The highest BCUT2D eigenvalue weighted by atomic mass is 15.0. The van der Waals surface area contributed by atoms with Crippen LogP contribution in [0.4, 0.5) is 0 Å². The Morgan fingerprint density at radius 1 is 0.317 bits per heavy atom. The Kier molecular flexibility index (Phi) is 4.67. The fraction of sp³-hybridized carbons (Fsp3) is 0. The molecule has 0 fully saturated rings. The van der Waals surface area contributed by atoms with Crippen molar-refractivity contribution in [2.75, 3.05) is 0 Å². The summed E-state index contributed by atoms with van der Waals surface area (Å²) in [6.45, 7) is 0. The van der Waals surface area contributed by atoms with Crippen LogP contribution in [-0.2, 0) is 0 Å². The third-order valence-corrected chi connectivity index (χ3v) is 8.76. The summed E-state index contributed by atoms with van der Waals surface area (Å²) in [5, 5.41) is 13.0. The Morgan fingerprint density at radius 2 is 0.854 bits per heavy atom. The van der Waals surface area contributed by atoms with Crippen LogP contribution in [0.25, 0.3) is 81.7 Å². The summed E-state index contributed by atoms with van der Waals surface area (Å²) < 4.78 is 2.37. The van der Waals surface area contributed by atoms with Crippen LogP contribution in [0.3, 0.4) is 0 Å². The second-order valence-corrected chi connectivity index (χ2v) is 11.0. The van der Waals surface area contributed by atoms with Crippen LogP contribution in [0.15, 0.2) is 152 Å². The molecule has 9 rings (SSSR count). The van der Waals surface area contributed by atoms with Gasteiger partial charge in [-0.3, -0.25) is 0 Å². The van der Waals surface area contributed by atoms with Gasteiger partial charge in [0.2, 0.25) is 0 Å². The topological polar surface area (TPSA) is 4.93 Å². The predicted molar refractivity (Wildman–Crippen MR) is 176 cm³/mol. The first-order valence-electron chi connectivity index (χ1n) is 14.2. The van der Waals surface area contributed by atoms with Gasteiger partial charge in [-0.05, 0) is 84.5 Å². The van der Waals surface area contributed by atoms with Crippen molar-refractivity contribution in [1.82, 2.24) is 4.57 Å². The van der Waals surface area contributed by atoms with Crippen molar-refractivity contribution < 1.29 is 0 Å². The van der Waals surface area contributed by atoms with Crippen LogP contribution >= 0.6 is 0 Å². The monoisotopic (exact) mass is 519 g/mol. The number of rotatable bonds is 2. The highest BCUT2D eigenvalue weighted by Gasteiger charge is 2.12. The molecule has 0 amide bonds. The van der Waals surface area contributed by atoms with Crippen molar-refractivity contribution in [3.63, 3.8) is 0 Å². The van der Waals surface area contributed by atoms with Gasteiger partial charge in [0, 0.05) is 16.5 Å². The zero-order chi connectivity index (χ0) is 26.9. The van der Waals surface area contributed by atoms with Gasteiger partial charge in [-0.25, -0.2) is 0 Å². The quantitative estimate of drug-likeness (QED) is 0.200. The molecule has 0 aliphatic carbocycles. The van der Waals surface area contributed by atoms with Crippen molar-refractivity contribution in [2.24, 2.45) is 0 Å². The smallest absolute Gasteiger partial charge is 0.0541 e. The Hall–Kier alpha value is -5.40. The molecule has 0 saturated heterocycles. The van der Waals surface area contributed by atoms with Gasteiger partial charge in [0.25, 0.3) is 0 Å². The van der Waals surface area contributed by atoms with Crippen molar-refractivity contribution in [3.8, 4) is 16.8 Å². The largest absolute Gasteiger partial charge is 0.309 e. The minimum absolute atomic E-state index is 1.18. The summed E-state index contributed by atoms with van der Waals surface area (Å²) in [7, 11) is 0. The molecule has 9 aromatic rings. The molecule has 1 nitrogen and oxygen atoms in total. The lowest BCUT2D eigenvalue weighted by Crippen LogP contribution is -1.93. The summed E-state index contributed by atoms with van der Waals surface area (Å²) in [4.78, 5) is 0. The van der Waals surface area contributed by atoms with Crippen molar-refractivity contribution in [1.29, 1.82) is 0 Å². The molecule has 1 heteroatoms. The molecule has 0 atom stereocenters. The van der Waals surface area contributed by atoms with Crippen LogP contribution < -0.4 is 0 Å². The number of para-hydroxylation sites is 2. The third kappa shape index (κ3) is 3.30. The zero-order valence-electron chi connectivity index (χ0n) is 22.4. The summed E-state index contributed by atoms with van der Waals surface area (Å²) in [5.41, 5.74) is 6.10. The molecular weight excluding hydrogens is 494 g/mol. The fourth-order valence-electron chi connectivity index (χ4n) is 6.82. The van der Waals surface area contributed by atoms with Gasteiger partial charge in [0.05, 0.1) is 11.0 Å². The van der Waals surface area contributed by atoms with Crippen LogP contribution in [-0.4, -0.2) is 4.57 Å². The average Bonchev–Trinajstić information content (AvgIpc) is 3.38. The molecular formula is C40H25N. The number of nitrogens with zero attached hydrogens (tertiary/aromatic N) is 1. The highest BCUT2D eigenvalue weighted by molar-refractivity contribution is 6.24. The number of hydrogen-bond donors (Lipinski definition) is 0. The molecule has 0 aliphatic heterocycles. The summed E-state index contributed by atoms with van der Waals surface area (Å²) in [6.07, 6.45) is 0. The van der Waals surface area contributed by atoms with Crippen molar-refractivity contribution >= 4 is 64.9 Å². The van der Waals surface area contributed by atoms with E-state index in [1.165, 1.54) is 81.7 Å². The molecule has 0 bridgehead atoms. The normalized spacial score (nSPS) is 11.9.